The Balaban J connectivity index is 3.36. The van der Waals surface area contributed by atoms with Crippen LogP contribution in [0.1, 0.15) is 33.1 Å². The lowest BCUT2D eigenvalue weighted by atomic mass is 10.3. The fourth-order valence-electron chi connectivity index (χ4n) is 1.69. The maximum Gasteiger partial charge on any atom is 0.222 e. The van der Waals surface area contributed by atoms with Crippen molar-refractivity contribution in [2.45, 2.75) is 33.1 Å². The summed E-state index contributed by atoms with van der Waals surface area (Å²) in [5.74, 6) is 0.216. The number of nitrogens with zero attached hydrogens (tertiary/aromatic N) is 2. The lowest BCUT2D eigenvalue weighted by Gasteiger charge is -2.19. The molecule has 0 aliphatic carbocycles. The summed E-state index contributed by atoms with van der Waals surface area (Å²) in [6, 6.07) is 0. The second-order valence-corrected chi connectivity index (χ2v) is 4.58. The molecule has 17 heavy (non-hydrogen) atoms. The van der Waals surface area contributed by atoms with Crippen LogP contribution in [0.3, 0.4) is 0 Å². The van der Waals surface area contributed by atoms with Crippen molar-refractivity contribution < 1.29 is 4.79 Å². The van der Waals surface area contributed by atoms with E-state index in [4.69, 9.17) is 0 Å². The predicted molar refractivity (Wildman–Crippen MR) is 73.2 cm³/mol. The highest BCUT2D eigenvalue weighted by molar-refractivity contribution is 5.75. The molecule has 0 saturated heterocycles. The molecular formula is C13H29N3O. The highest BCUT2D eigenvalue weighted by Crippen LogP contribution is 1.92. The second kappa shape index (κ2) is 10.5. The minimum Gasteiger partial charge on any atom is -0.349 e. The van der Waals surface area contributed by atoms with Gasteiger partial charge in [0.25, 0.3) is 0 Å². The average molecular weight is 243 g/mol. The molecule has 0 aliphatic rings. The van der Waals surface area contributed by atoms with Crippen molar-refractivity contribution in [3.63, 3.8) is 0 Å². The van der Waals surface area contributed by atoms with E-state index in [0.29, 0.717) is 6.42 Å². The quantitative estimate of drug-likeness (QED) is 0.585. The molecule has 4 heteroatoms. The standard InChI is InChI=1S/C13H29N3O/c1-5-11-16(6-2)12-10-14-9-7-8-13(17)15(3)4/h14H,5-12H2,1-4H3. The van der Waals surface area contributed by atoms with E-state index in [2.05, 4.69) is 24.1 Å². The molecule has 0 rings (SSSR count). The molecule has 0 radical (unpaired) electrons. The number of rotatable bonds is 10. The van der Waals surface area contributed by atoms with Crippen molar-refractivity contribution in [1.82, 2.24) is 15.1 Å². The van der Waals surface area contributed by atoms with Crippen LogP contribution in [0, 0.1) is 0 Å². The molecule has 0 unspecified atom stereocenters. The molecule has 1 amide bonds. The van der Waals surface area contributed by atoms with Gasteiger partial charge in [-0.1, -0.05) is 13.8 Å². The highest BCUT2D eigenvalue weighted by Gasteiger charge is 2.03. The summed E-state index contributed by atoms with van der Waals surface area (Å²) < 4.78 is 0. The third kappa shape index (κ3) is 9.12. The van der Waals surface area contributed by atoms with E-state index >= 15 is 0 Å². The second-order valence-electron chi connectivity index (χ2n) is 4.58. The van der Waals surface area contributed by atoms with Gasteiger partial charge in [0.2, 0.25) is 5.91 Å². The van der Waals surface area contributed by atoms with Crippen molar-refractivity contribution in [3.8, 4) is 0 Å². The van der Waals surface area contributed by atoms with Gasteiger partial charge in [-0.3, -0.25) is 4.79 Å². The smallest absolute Gasteiger partial charge is 0.222 e. The zero-order valence-corrected chi connectivity index (χ0v) is 12.0. The molecule has 0 heterocycles. The van der Waals surface area contributed by atoms with Crippen LogP contribution in [0.5, 0.6) is 0 Å². The van der Waals surface area contributed by atoms with Gasteiger partial charge in [-0.05, 0) is 32.5 Å². The van der Waals surface area contributed by atoms with Gasteiger partial charge in [-0.2, -0.15) is 0 Å². The van der Waals surface area contributed by atoms with Crippen LogP contribution in [-0.2, 0) is 4.79 Å². The number of carbonyl (C=O) groups excluding carboxylic acids is 1. The summed E-state index contributed by atoms with van der Waals surface area (Å²) >= 11 is 0. The Morgan fingerprint density at radius 1 is 1.12 bits per heavy atom. The van der Waals surface area contributed by atoms with Gasteiger partial charge in [0, 0.05) is 33.6 Å². The Kier molecular flexibility index (Phi) is 10.2. The Labute approximate surface area is 106 Å². The molecule has 0 aromatic heterocycles. The SMILES string of the molecule is CCCN(CC)CCNCCCC(=O)N(C)C. The van der Waals surface area contributed by atoms with Crippen molar-refractivity contribution in [2.75, 3.05) is 46.8 Å². The molecule has 0 aliphatic heterocycles. The van der Waals surface area contributed by atoms with Crippen LogP contribution in [0.4, 0.5) is 0 Å². The molecule has 0 saturated carbocycles. The molecule has 0 aromatic carbocycles. The first-order valence-corrected chi connectivity index (χ1v) is 6.75. The van der Waals surface area contributed by atoms with Crippen LogP contribution < -0.4 is 5.32 Å². The van der Waals surface area contributed by atoms with E-state index in [1.54, 1.807) is 19.0 Å². The van der Waals surface area contributed by atoms with Crippen molar-refractivity contribution in [1.29, 1.82) is 0 Å². The van der Waals surface area contributed by atoms with Crippen LogP contribution in [0.15, 0.2) is 0 Å². The Morgan fingerprint density at radius 3 is 2.35 bits per heavy atom. The van der Waals surface area contributed by atoms with Crippen LogP contribution in [0.25, 0.3) is 0 Å². The summed E-state index contributed by atoms with van der Waals surface area (Å²) in [6.07, 6.45) is 2.79. The zero-order valence-electron chi connectivity index (χ0n) is 12.0. The van der Waals surface area contributed by atoms with Gasteiger partial charge in [0.1, 0.15) is 0 Å². The van der Waals surface area contributed by atoms with Crippen molar-refractivity contribution >= 4 is 5.91 Å². The monoisotopic (exact) mass is 243 g/mol. The molecule has 0 atom stereocenters. The Hall–Kier alpha value is -0.610. The van der Waals surface area contributed by atoms with Crippen molar-refractivity contribution in [2.24, 2.45) is 0 Å². The number of amides is 1. The zero-order chi connectivity index (χ0) is 13.1. The van der Waals surface area contributed by atoms with E-state index in [1.807, 2.05) is 0 Å². The molecular weight excluding hydrogens is 214 g/mol. The first kappa shape index (κ1) is 16.4. The van der Waals surface area contributed by atoms with Crippen LogP contribution in [-0.4, -0.2) is 62.5 Å². The molecule has 4 nitrogen and oxygen atoms in total. The topological polar surface area (TPSA) is 35.6 Å². The summed E-state index contributed by atoms with van der Waals surface area (Å²) in [6.45, 7) is 9.76. The Morgan fingerprint density at radius 2 is 1.82 bits per heavy atom. The van der Waals surface area contributed by atoms with Gasteiger partial charge < -0.3 is 15.1 Å². The van der Waals surface area contributed by atoms with Crippen LogP contribution >= 0.6 is 0 Å². The Bertz CT molecular complexity index is 195. The largest absolute Gasteiger partial charge is 0.349 e. The summed E-state index contributed by atoms with van der Waals surface area (Å²) in [4.78, 5) is 15.4. The van der Waals surface area contributed by atoms with Gasteiger partial charge >= 0.3 is 0 Å². The van der Waals surface area contributed by atoms with E-state index in [-0.39, 0.29) is 5.91 Å². The minimum atomic E-state index is 0.216. The average Bonchev–Trinajstić information content (AvgIpc) is 2.31. The summed E-state index contributed by atoms with van der Waals surface area (Å²) in [5.41, 5.74) is 0. The number of likely N-dealkylation sites (N-methyl/N-ethyl adjacent to an activating group) is 1. The third-order valence-electron chi connectivity index (χ3n) is 2.83. The first-order chi connectivity index (χ1) is 8.11. The van der Waals surface area contributed by atoms with E-state index in [0.717, 1.165) is 32.6 Å². The predicted octanol–water partition coefficient (Wildman–Crippen LogP) is 1.18. The minimum absolute atomic E-state index is 0.216. The van der Waals surface area contributed by atoms with Crippen molar-refractivity contribution in [3.05, 3.63) is 0 Å². The maximum absolute atomic E-state index is 11.3. The highest BCUT2D eigenvalue weighted by atomic mass is 16.2. The fourth-order valence-corrected chi connectivity index (χ4v) is 1.69. The third-order valence-corrected chi connectivity index (χ3v) is 2.83. The molecule has 0 aromatic rings. The van der Waals surface area contributed by atoms with Gasteiger partial charge in [0.15, 0.2) is 0 Å². The molecule has 1 N–H and O–H groups in total. The van der Waals surface area contributed by atoms with E-state index in [1.165, 1.54) is 13.0 Å². The number of hydrogen-bond acceptors (Lipinski definition) is 3. The summed E-state index contributed by atoms with van der Waals surface area (Å²) in [7, 11) is 3.61. The molecule has 0 bridgehead atoms. The maximum atomic E-state index is 11.3. The lowest BCUT2D eigenvalue weighted by molar-refractivity contribution is -0.128. The van der Waals surface area contributed by atoms with Crippen LogP contribution in [0.2, 0.25) is 0 Å². The van der Waals surface area contributed by atoms with E-state index in [9.17, 15) is 4.79 Å². The first-order valence-electron chi connectivity index (χ1n) is 6.75. The van der Waals surface area contributed by atoms with Gasteiger partial charge in [-0.25, -0.2) is 0 Å². The number of hydrogen-bond donors (Lipinski definition) is 1. The molecule has 102 valence electrons. The summed E-state index contributed by atoms with van der Waals surface area (Å²) in [5, 5.41) is 3.39. The number of nitrogens with one attached hydrogen (secondary N) is 1. The molecule has 0 spiro atoms. The van der Waals surface area contributed by atoms with Gasteiger partial charge in [-0.15, -0.1) is 0 Å². The molecule has 0 fully saturated rings. The number of carbonyl (C=O) groups is 1. The normalized spacial score (nSPS) is 10.9. The van der Waals surface area contributed by atoms with E-state index < -0.39 is 0 Å². The lowest BCUT2D eigenvalue weighted by Crippen LogP contribution is -2.33. The van der Waals surface area contributed by atoms with Gasteiger partial charge in [0.05, 0.1) is 0 Å². The fraction of sp³-hybridized carbons (Fsp3) is 0.923.